The van der Waals surface area contributed by atoms with Crippen LogP contribution >= 0.6 is 0 Å². The summed E-state index contributed by atoms with van der Waals surface area (Å²) < 4.78 is 35.2. The summed E-state index contributed by atoms with van der Waals surface area (Å²) in [4.78, 5) is 10.9. The van der Waals surface area contributed by atoms with Crippen molar-refractivity contribution in [3.63, 3.8) is 0 Å². The quantitative estimate of drug-likeness (QED) is 0.209. The van der Waals surface area contributed by atoms with E-state index >= 15 is 0 Å². The number of rotatable bonds is 10. The van der Waals surface area contributed by atoms with Crippen LogP contribution in [-0.2, 0) is 19.6 Å². The standard InChI is InChI=1S/C12H23NO5S.H2O/c1-4-12(14)18-10-9-13(2,3)8-6-5-7-11-19(15,16)17;/h4H,1,5-11H2,2-3H3;1H2. The van der Waals surface area contributed by atoms with Crippen molar-refractivity contribution in [1.29, 1.82) is 0 Å². The van der Waals surface area contributed by atoms with Gasteiger partial charge in [-0.2, -0.15) is 8.42 Å². The maximum absolute atomic E-state index is 10.9. The maximum atomic E-state index is 10.9. The molecule has 0 amide bonds. The topological polar surface area (TPSA) is 111 Å². The van der Waals surface area contributed by atoms with Crippen LogP contribution in [0.1, 0.15) is 19.3 Å². The lowest BCUT2D eigenvalue weighted by molar-refractivity contribution is -0.890. The van der Waals surface area contributed by atoms with Crippen LogP contribution in [0, 0.1) is 0 Å². The number of carbonyl (C=O) groups excluding carboxylic acids is 1. The second-order valence-electron chi connectivity index (χ2n) is 5.10. The first kappa shape index (κ1) is 21.3. The van der Waals surface area contributed by atoms with Crippen molar-refractivity contribution < 1.29 is 32.5 Å². The predicted octanol–water partition coefficient (Wildman–Crippen LogP) is 0.673. The van der Waals surface area contributed by atoms with Gasteiger partial charge in [0.2, 0.25) is 0 Å². The lowest BCUT2D eigenvalue weighted by atomic mass is 10.2. The minimum Gasteiger partial charge on any atom is -0.870 e. The average molecular weight is 311 g/mol. The molecule has 0 aliphatic carbocycles. The molecular formula is C12H25NO6S. The van der Waals surface area contributed by atoms with Crippen LogP contribution in [-0.4, -0.2) is 68.4 Å². The fraction of sp³-hybridized carbons (Fsp3) is 0.750. The van der Waals surface area contributed by atoms with E-state index < -0.39 is 16.1 Å². The Morgan fingerprint density at radius 3 is 2.35 bits per heavy atom. The van der Waals surface area contributed by atoms with Gasteiger partial charge in [-0.3, -0.25) is 4.55 Å². The summed E-state index contributed by atoms with van der Waals surface area (Å²) >= 11 is 0. The van der Waals surface area contributed by atoms with Gasteiger partial charge in [0.1, 0.15) is 13.2 Å². The van der Waals surface area contributed by atoms with E-state index in [9.17, 15) is 13.2 Å². The molecule has 0 saturated carbocycles. The molecule has 0 aromatic rings. The summed E-state index contributed by atoms with van der Waals surface area (Å²) in [5, 5.41) is 0. The number of esters is 1. The Bertz CT molecular complexity index is 391. The van der Waals surface area contributed by atoms with Crippen molar-refractivity contribution in [2.75, 3.05) is 39.5 Å². The van der Waals surface area contributed by atoms with Gasteiger partial charge in [-0.05, 0) is 19.3 Å². The number of hydrogen-bond donors (Lipinski definition) is 1. The van der Waals surface area contributed by atoms with Crippen LogP contribution in [0.15, 0.2) is 12.7 Å². The summed E-state index contributed by atoms with van der Waals surface area (Å²) in [5.74, 6) is -0.606. The fourth-order valence-electron chi connectivity index (χ4n) is 1.57. The third-order valence-corrected chi connectivity index (χ3v) is 3.58. The largest absolute Gasteiger partial charge is 0.870 e. The molecule has 20 heavy (non-hydrogen) atoms. The van der Waals surface area contributed by atoms with Crippen molar-refractivity contribution in [2.45, 2.75) is 19.3 Å². The molecule has 0 aromatic carbocycles. The lowest BCUT2D eigenvalue weighted by Gasteiger charge is -2.29. The average Bonchev–Trinajstić information content (AvgIpc) is 2.26. The summed E-state index contributed by atoms with van der Waals surface area (Å²) in [6, 6.07) is 0. The Balaban J connectivity index is 0. The first-order chi connectivity index (χ1) is 8.66. The predicted molar refractivity (Wildman–Crippen MR) is 75.2 cm³/mol. The fourth-order valence-corrected chi connectivity index (χ4v) is 2.13. The first-order valence-electron chi connectivity index (χ1n) is 6.23. The second kappa shape index (κ2) is 9.87. The molecule has 8 heteroatoms. The number of quaternary nitrogens is 1. The van der Waals surface area contributed by atoms with E-state index in [1.807, 2.05) is 14.1 Å². The Labute approximate surface area is 120 Å². The molecule has 0 radical (unpaired) electrons. The number of ether oxygens (including phenoxy) is 1. The SMILES string of the molecule is C=CC(=O)OCC[N+](C)(C)CCCCCS(=O)(=O)O.[OH-]. The van der Waals surface area contributed by atoms with Crippen molar-refractivity contribution in [2.24, 2.45) is 0 Å². The Kier molecular flexibility index (Phi) is 10.5. The molecular weight excluding hydrogens is 286 g/mol. The van der Waals surface area contributed by atoms with Crippen LogP contribution in [0.2, 0.25) is 0 Å². The number of nitrogens with zero attached hydrogens (tertiary/aromatic N) is 1. The molecule has 0 heterocycles. The zero-order chi connectivity index (χ0) is 14.9. The number of carbonyl (C=O) groups is 1. The second-order valence-corrected chi connectivity index (χ2v) is 6.67. The molecule has 0 atom stereocenters. The number of likely N-dealkylation sites (N-methyl/N-ethyl adjacent to an activating group) is 1. The highest BCUT2D eigenvalue weighted by molar-refractivity contribution is 7.85. The zero-order valence-corrected chi connectivity index (χ0v) is 12.9. The minimum absolute atomic E-state index is 0. The van der Waals surface area contributed by atoms with E-state index in [1.54, 1.807) is 0 Å². The molecule has 7 nitrogen and oxygen atoms in total. The normalized spacial score (nSPS) is 11.6. The van der Waals surface area contributed by atoms with Gasteiger partial charge in [0.05, 0.1) is 26.4 Å². The Morgan fingerprint density at radius 1 is 1.25 bits per heavy atom. The van der Waals surface area contributed by atoms with Crippen molar-refractivity contribution in [3.8, 4) is 0 Å². The molecule has 0 aliphatic rings. The Morgan fingerprint density at radius 2 is 1.85 bits per heavy atom. The minimum atomic E-state index is -3.84. The van der Waals surface area contributed by atoms with Gasteiger partial charge in [0, 0.05) is 6.08 Å². The summed E-state index contributed by atoms with van der Waals surface area (Å²) in [7, 11) is 0.198. The van der Waals surface area contributed by atoms with Gasteiger partial charge < -0.3 is 14.7 Å². The van der Waals surface area contributed by atoms with Crippen LogP contribution in [0.5, 0.6) is 0 Å². The van der Waals surface area contributed by atoms with E-state index in [0.29, 0.717) is 24.1 Å². The molecule has 0 spiro atoms. The Hall–Kier alpha value is -0.960. The molecule has 0 unspecified atom stereocenters. The van der Waals surface area contributed by atoms with E-state index in [1.165, 1.54) is 0 Å². The van der Waals surface area contributed by atoms with Gasteiger partial charge >= 0.3 is 5.97 Å². The van der Waals surface area contributed by atoms with Gasteiger partial charge in [-0.15, -0.1) is 0 Å². The summed E-state index contributed by atoms with van der Waals surface area (Å²) in [6.45, 7) is 5.20. The molecule has 120 valence electrons. The molecule has 0 bridgehead atoms. The number of unbranched alkanes of at least 4 members (excludes halogenated alkanes) is 2. The highest BCUT2D eigenvalue weighted by Crippen LogP contribution is 2.05. The van der Waals surface area contributed by atoms with Crippen molar-refractivity contribution >= 4 is 16.1 Å². The van der Waals surface area contributed by atoms with E-state index in [4.69, 9.17) is 9.29 Å². The highest BCUT2D eigenvalue weighted by Gasteiger charge is 2.15. The van der Waals surface area contributed by atoms with Gasteiger partial charge in [-0.1, -0.05) is 6.58 Å². The molecule has 0 rings (SSSR count). The van der Waals surface area contributed by atoms with Gasteiger partial charge in [0.15, 0.2) is 0 Å². The molecule has 0 fully saturated rings. The summed E-state index contributed by atoms with van der Waals surface area (Å²) in [5.41, 5.74) is 0. The zero-order valence-electron chi connectivity index (χ0n) is 12.1. The molecule has 0 aromatic heterocycles. The van der Waals surface area contributed by atoms with Gasteiger partial charge in [-0.25, -0.2) is 4.79 Å². The third kappa shape index (κ3) is 13.5. The molecule has 0 saturated heterocycles. The van der Waals surface area contributed by atoms with Crippen LogP contribution in [0.3, 0.4) is 0 Å². The molecule has 2 N–H and O–H groups in total. The van der Waals surface area contributed by atoms with Gasteiger partial charge in [0.25, 0.3) is 10.1 Å². The molecule has 0 aliphatic heterocycles. The first-order valence-corrected chi connectivity index (χ1v) is 7.83. The van der Waals surface area contributed by atoms with E-state index in [-0.39, 0.29) is 11.2 Å². The van der Waals surface area contributed by atoms with Crippen molar-refractivity contribution in [1.82, 2.24) is 0 Å². The van der Waals surface area contributed by atoms with E-state index in [0.717, 1.165) is 25.5 Å². The smallest absolute Gasteiger partial charge is 0.330 e. The van der Waals surface area contributed by atoms with Crippen LogP contribution in [0.25, 0.3) is 0 Å². The monoisotopic (exact) mass is 311 g/mol. The van der Waals surface area contributed by atoms with Crippen LogP contribution in [0.4, 0.5) is 0 Å². The van der Waals surface area contributed by atoms with Crippen molar-refractivity contribution in [3.05, 3.63) is 12.7 Å². The highest BCUT2D eigenvalue weighted by atomic mass is 32.2. The number of hydrogen-bond acceptors (Lipinski definition) is 5. The van der Waals surface area contributed by atoms with Crippen LogP contribution < -0.4 is 0 Å². The third-order valence-electron chi connectivity index (χ3n) is 2.77. The maximum Gasteiger partial charge on any atom is 0.330 e. The lowest BCUT2D eigenvalue weighted by Crippen LogP contribution is -2.43. The van der Waals surface area contributed by atoms with E-state index in [2.05, 4.69) is 6.58 Å². The summed E-state index contributed by atoms with van der Waals surface area (Å²) in [6.07, 6.45) is 3.20.